The van der Waals surface area contributed by atoms with Gasteiger partial charge in [0.1, 0.15) is 0 Å². The fourth-order valence-electron chi connectivity index (χ4n) is 1.36. The number of thiol groups is 1. The van der Waals surface area contributed by atoms with E-state index in [9.17, 15) is 4.79 Å². The quantitative estimate of drug-likeness (QED) is 0.329. The lowest BCUT2D eigenvalue weighted by molar-refractivity contribution is 0.120. The minimum Gasteiger partial charge on any atom is -0.378 e. The number of hydrogen-bond donors (Lipinski definition) is 2. The van der Waals surface area contributed by atoms with Crippen LogP contribution in [0.5, 0.6) is 0 Å². The number of ether oxygens (including phenoxy) is 1. The van der Waals surface area contributed by atoms with Gasteiger partial charge in [-0.15, -0.1) is 0 Å². The number of hydrogen-bond acceptors (Lipinski definition) is 5. The standard InChI is InChI=1S/C12H25NO3S2/c1-2-3-4-5-6-7-13-12(14)18-11-10-15-8-9-16-17/h17H,2-11H2,1H3,(H,13,14). The van der Waals surface area contributed by atoms with Crippen LogP contribution >= 0.6 is 24.7 Å². The second-order valence-electron chi connectivity index (χ2n) is 3.92. The van der Waals surface area contributed by atoms with Crippen LogP contribution in [0, 0.1) is 0 Å². The number of carbonyl (C=O) groups is 1. The van der Waals surface area contributed by atoms with Gasteiger partial charge >= 0.3 is 0 Å². The molecule has 0 aromatic rings. The minimum atomic E-state index is 0.0412. The zero-order valence-electron chi connectivity index (χ0n) is 11.2. The molecule has 0 saturated heterocycles. The topological polar surface area (TPSA) is 47.6 Å². The summed E-state index contributed by atoms with van der Waals surface area (Å²) in [7, 11) is 0. The third-order valence-corrected chi connectivity index (χ3v) is 3.29. The number of amides is 1. The van der Waals surface area contributed by atoms with Crippen molar-refractivity contribution in [2.45, 2.75) is 39.0 Å². The first-order chi connectivity index (χ1) is 8.81. The van der Waals surface area contributed by atoms with Gasteiger partial charge in [0.05, 0.1) is 19.8 Å². The molecule has 6 heteroatoms. The summed E-state index contributed by atoms with van der Waals surface area (Å²) in [5.41, 5.74) is 0. The summed E-state index contributed by atoms with van der Waals surface area (Å²) in [5, 5.41) is 2.93. The SMILES string of the molecule is CCCCCCCNC(=O)SCCOCCOS. The van der Waals surface area contributed by atoms with E-state index in [-0.39, 0.29) is 5.24 Å². The van der Waals surface area contributed by atoms with Crippen molar-refractivity contribution in [3.05, 3.63) is 0 Å². The molecule has 0 fully saturated rings. The predicted molar refractivity (Wildman–Crippen MR) is 80.4 cm³/mol. The first kappa shape index (κ1) is 18.1. The first-order valence-electron chi connectivity index (χ1n) is 6.56. The Hall–Kier alpha value is 0.0900. The van der Waals surface area contributed by atoms with E-state index >= 15 is 0 Å². The molecule has 0 spiro atoms. The van der Waals surface area contributed by atoms with Crippen molar-refractivity contribution < 1.29 is 13.7 Å². The van der Waals surface area contributed by atoms with Crippen LogP contribution in [0.1, 0.15) is 39.0 Å². The van der Waals surface area contributed by atoms with Crippen LogP contribution in [-0.2, 0) is 8.92 Å². The van der Waals surface area contributed by atoms with Gasteiger partial charge < -0.3 is 14.2 Å². The third-order valence-electron chi connectivity index (χ3n) is 2.33. The maximum atomic E-state index is 11.4. The lowest BCUT2D eigenvalue weighted by Crippen LogP contribution is -2.20. The molecule has 0 atom stereocenters. The summed E-state index contributed by atoms with van der Waals surface area (Å²) in [6.45, 7) is 4.53. The van der Waals surface area contributed by atoms with Crippen molar-refractivity contribution >= 4 is 29.9 Å². The highest BCUT2D eigenvalue weighted by molar-refractivity contribution is 8.13. The van der Waals surface area contributed by atoms with Crippen LogP contribution < -0.4 is 5.32 Å². The molecule has 0 radical (unpaired) electrons. The smallest absolute Gasteiger partial charge is 0.279 e. The molecule has 0 heterocycles. The molecule has 1 N–H and O–H groups in total. The van der Waals surface area contributed by atoms with E-state index in [2.05, 4.69) is 29.3 Å². The van der Waals surface area contributed by atoms with E-state index in [0.717, 1.165) is 13.0 Å². The van der Waals surface area contributed by atoms with Gasteiger partial charge in [-0.05, 0) is 19.3 Å². The lowest BCUT2D eigenvalue weighted by atomic mass is 10.1. The Morgan fingerprint density at radius 2 is 1.94 bits per heavy atom. The summed E-state index contributed by atoms with van der Waals surface area (Å²) in [6, 6.07) is 0. The zero-order chi connectivity index (χ0) is 13.5. The average molecular weight is 295 g/mol. The largest absolute Gasteiger partial charge is 0.378 e. The molecule has 18 heavy (non-hydrogen) atoms. The van der Waals surface area contributed by atoms with Crippen LogP contribution in [0.4, 0.5) is 4.79 Å². The molecule has 0 aliphatic carbocycles. The molecule has 0 aliphatic rings. The first-order valence-corrected chi connectivity index (χ1v) is 7.91. The Balaban J connectivity index is 3.12. The molecular formula is C12H25NO3S2. The van der Waals surface area contributed by atoms with Crippen molar-refractivity contribution in [3.8, 4) is 0 Å². The van der Waals surface area contributed by atoms with Crippen LogP contribution in [0.3, 0.4) is 0 Å². The molecule has 0 unspecified atom stereocenters. The number of unbranched alkanes of at least 4 members (excludes halogenated alkanes) is 4. The van der Waals surface area contributed by atoms with Crippen molar-refractivity contribution in [3.63, 3.8) is 0 Å². The number of nitrogens with one attached hydrogen (secondary N) is 1. The highest BCUT2D eigenvalue weighted by Crippen LogP contribution is 2.03. The van der Waals surface area contributed by atoms with Gasteiger partial charge in [0.2, 0.25) is 0 Å². The Labute approximate surface area is 120 Å². The third kappa shape index (κ3) is 14.2. The fraction of sp³-hybridized carbons (Fsp3) is 0.917. The van der Waals surface area contributed by atoms with Gasteiger partial charge in [-0.2, -0.15) is 0 Å². The molecule has 0 bridgehead atoms. The van der Waals surface area contributed by atoms with Gasteiger partial charge in [-0.3, -0.25) is 4.79 Å². The Morgan fingerprint density at radius 3 is 2.67 bits per heavy atom. The van der Waals surface area contributed by atoms with E-state index in [0.29, 0.717) is 25.6 Å². The minimum absolute atomic E-state index is 0.0412. The van der Waals surface area contributed by atoms with Crippen LogP contribution in [0.15, 0.2) is 0 Å². The van der Waals surface area contributed by atoms with Gasteiger partial charge in [-0.25, -0.2) is 0 Å². The van der Waals surface area contributed by atoms with Crippen molar-refractivity contribution in [1.29, 1.82) is 0 Å². The molecule has 0 aromatic heterocycles. The summed E-state index contributed by atoms with van der Waals surface area (Å²) >= 11 is 4.87. The summed E-state index contributed by atoms with van der Waals surface area (Å²) in [4.78, 5) is 11.4. The second-order valence-corrected chi connectivity index (χ2v) is 5.25. The highest BCUT2D eigenvalue weighted by atomic mass is 32.2. The van der Waals surface area contributed by atoms with Crippen molar-refractivity contribution in [2.24, 2.45) is 0 Å². The molecule has 108 valence electrons. The van der Waals surface area contributed by atoms with Crippen molar-refractivity contribution in [2.75, 3.05) is 32.1 Å². The molecule has 1 amide bonds. The van der Waals surface area contributed by atoms with Gasteiger partial charge in [0.15, 0.2) is 0 Å². The van der Waals surface area contributed by atoms with Gasteiger partial charge in [0, 0.05) is 12.3 Å². The average Bonchev–Trinajstić information content (AvgIpc) is 2.38. The zero-order valence-corrected chi connectivity index (χ0v) is 12.9. The Kier molecular flexibility index (Phi) is 15.2. The highest BCUT2D eigenvalue weighted by Gasteiger charge is 2.00. The van der Waals surface area contributed by atoms with Crippen LogP contribution in [-0.4, -0.2) is 37.4 Å². The molecule has 0 aromatic carbocycles. The Morgan fingerprint density at radius 1 is 1.17 bits per heavy atom. The monoisotopic (exact) mass is 295 g/mol. The lowest BCUT2D eigenvalue weighted by Gasteiger charge is -2.05. The van der Waals surface area contributed by atoms with E-state index in [4.69, 9.17) is 4.74 Å². The van der Waals surface area contributed by atoms with Crippen LogP contribution in [0.25, 0.3) is 0 Å². The van der Waals surface area contributed by atoms with E-state index in [1.54, 1.807) is 0 Å². The van der Waals surface area contributed by atoms with Crippen molar-refractivity contribution in [1.82, 2.24) is 5.32 Å². The maximum absolute atomic E-state index is 11.4. The predicted octanol–water partition coefficient (Wildman–Crippen LogP) is 3.28. The van der Waals surface area contributed by atoms with Gasteiger partial charge in [-0.1, -0.05) is 44.4 Å². The maximum Gasteiger partial charge on any atom is 0.279 e. The summed E-state index contributed by atoms with van der Waals surface area (Å²) < 4.78 is 9.77. The fourth-order valence-corrected chi connectivity index (χ4v) is 2.03. The van der Waals surface area contributed by atoms with E-state index in [1.165, 1.54) is 37.4 Å². The Bertz CT molecular complexity index is 176. The number of thioether (sulfide) groups is 1. The van der Waals surface area contributed by atoms with E-state index < -0.39 is 0 Å². The summed E-state index contributed by atoms with van der Waals surface area (Å²) in [5.74, 6) is 0.675. The second kappa shape index (κ2) is 15.1. The molecule has 0 saturated carbocycles. The van der Waals surface area contributed by atoms with Gasteiger partial charge in [0.25, 0.3) is 5.24 Å². The summed E-state index contributed by atoms with van der Waals surface area (Å²) in [6.07, 6.45) is 6.07. The molecule has 0 aliphatic heterocycles. The van der Waals surface area contributed by atoms with E-state index in [1.807, 2.05) is 0 Å². The van der Waals surface area contributed by atoms with Crippen LogP contribution in [0.2, 0.25) is 0 Å². The molecular weight excluding hydrogens is 270 g/mol. The molecule has 4 nitrogen and oxygen atoms in total. The molecule has 0 rings (SSSR count). The number of rotatable bonds is 12. The normalized spacial score (nSPS) is 10.6. The number of carbonyl (C=O) groups excluding carboxylic acids is 1.